The first kappa shape index (κ1) is 29.5. The maximum atomic E-state index is 12.7. The standard InChI is InChI=1S/C32H48O9/c1-17-29(36)24(38-4)14-27(40-17)41-21-7-9-30(2)20(13-21)5-6-23-22(30)8-10-31(3)28(19-12-26(35)39-16-19)18(11-25(33)34)15-32(23,31)37/h12,17-18,20-24,27-29,36-37H,5-11,13-16H2,1-4H3,(H,33,34)/t17-,18-,20+,21+,22-,23+,24+,27-,28+,29-,30+,31-,32+/m1/s1. The number of aliphatic hydroxyl groups is 2. The summed E-state index contributed by atoms with van der Waals surface area (Å²) in [4.78, 5) is 23.9. The molecule has 41 heavy (non-hydrogen) atoms. The molecule has 230 valence electrons. The lowest BCUT2D eigenvalue weighted by Gasteiger charge is -2.63. The van der Waals surface area contributed by atoms with E-state index in [4.69, 9.17) is 18.9 Å². The van der Waals surface area contributed by atoms with Crippen LogP contribution in [0.4, 0.5) is 0 Å². The number of carboxylic acids is 1. The number of carbonyl (C=O) groups is 2. The molecule has 0 bridgehead atoms. The van der Waals surface area contributed by atoms with Gasteiger partial charge in [-0.2, -0.15) is 0 Å². The first-order valence-electron chi connectivity index (χ1n) is 15.7. The Balaban J connectivity index is 1.19. The number of aliphatic carboxylic acids is 1. The minimum Gasteiger partial charge on any atom is -0.481 e. The summed E-state index contributed by atoms with van der Waals surface area (Å²) in [6.07, 6.45) is 7.57. The normalized spacial score (nSPS) is 51.3. The van der Waals surface area contributed by atoms with Crippen LogP contribution in [0.25, 0.3) is 0 Å². The molecular weight excluding hydrogens is 528 g/mol. The van der Waals surface area contributed by atoms with Gasteiger partial charge in [0.25, 0.3) is 0 Å². The Bertz CT molecular complexity index is 1080. The summed E-state index contributed by atoms with van der Waals surface area (Å²) < 4.78 is 23.2. The fourth-order valence-electron chi connectivity index (χ4n) is 10.8. The molecule has 6 aliphatic rings. The Morgan fingerprint density at radius 2 is 1.90 bits per heavy atom. The molecule has 0 aromatic rings. The summed E-state index contributed by atoms with van der Waals surface area (Å²) in [6, 6.07) is 0. The van der Waals surface area contributed by atoms with E-state index in [1.807, 2.05) is 6.92 Å². The third-order valence-electron chi connectivity index (χ3n) is 12.8. The molecule has 0 aromatic carbocycles. The minimum atomic E-state index is -0.976. The van der Waals surface area contributed by atoms with Gasteiger partial charge in [0.1, 0.15) is 12.7 Å². The monoisotopic (exact) mass is 576 g/mol. The van der Waals surface area contributed by atoms with E-state index in [0.717, 1.165) is 50.5 Å². The van der Waals surface area contributed by atoms with Crippen LogP contribution in [-0.4, -0.2) is 77.3 Å². The van der Waals surface area contributed by atoms with Gasteiger partial charge in [-0.1, -0.05) is 13.8 Å². The van der Waals surface area contributed by atoms with E-state index >= 15 is 0 Å². The SMILES string of the molecule is CO[C@H]1C[C@@H](O[C@H]2CC[C@@]3(C)[C@@H](CC[C@H]4[C@H]3CC[C@]3(C)[C@H](C5=CC(=O)OC5)[C@H](CC(=O)O)C[C@]43O)C2)O[C@H](C)[C@H]1O. The average Bonchev–Trinajstić information content (AvgIpc) is 3.42. The second-order valence-corrected chi connectivity index (χ2v) is 14.5. The van der Waals surface area contributed by atoms with Crippen molar-refractivity contribution in [1.82, 2.24) is 0 Å². The Morgan fingerprint density at radius 1 is 1.12 bits per heavy atom. The van der Waals surface area contributed by atoms with Crippen molar-refractivity contribution < 1.29 is 43.9 Å². The van der Waals surface area contributed by atoms with E-state index in [1.165, 1.54) is 0 Å². The first-order chi connectivity index (χ1) is 19.4. The average molecular weight is 577 g/mol. The molecule has 2 heterocycles. The summed E-state index contributed by atoms with van der Waals surface area (Å²) in [5, 5.41) is 32.8. The van der Waals surface area contributed by atoms with E-state index in [9.17, 15) is 24.9 Å². The predicted octanol–water partition coefficient (Wildman–Crippen LogP) is 3.84. The van der Waals surface area contributed by atoms with E-state index in [-0.39, 0.29) is 66.8 Å². The predicted molar refractivity (Wildman–Crippen MR) is 147 cm³/mol. The summed E-state index contributed by atoms with van der Waals surface area (Å²) in [5.41, 5.74) is -0.526. The van der Waals surface area contributed by atoms with Crippen molar-refractivity contribution in [1.29, 1.82) is 0 Å². The summed E-state index contributed by atoms with van der Waals surface area (Å²) >= 11 is 0. The molecule has 13 atom stereocenters. The third kappa shape index (κ3) is 4.69. The lowest BCUT2D eigenvalue weighted by Crippen LogP contribution is -2.62. The van der Waals surface area contributed by atoms with Crippen LogP contribution in [-0.2, 0) is 28.5 Å². The zero-order valence-corrected chi connectivity index (χ0v) is 24.9. The molecule has 0 unspecified atom stereocenters. The quantitative estimate of drug-likeness (QED) is 0.319. The van der Waals surface area contributed by atoms with Gasteiger partial charge in [-0.3, -0.25) is 4.79 Å². The highest BCUT2D eigenvalue weighted by molar-refractivity contribution is 5.85. The molecule has 3 N–H and O–H groups in total. The molecule has 9 nitrogen and oxygen atoms in total. The number of aliphatic hydroxyl groups excluding tert-OH is 1. The van der Waals surface area contributed by atoms with Gasteiger partial charge in [0, 0.05) is 31.4 Å². The smallest absolute Gasteiger partial charge is 0.331 e. The zero-order chi connectivity index (χ0) is 29.3. The van der Waals surface area contributed by atoms with Gasteiger partial charge in [0.2, 0.25) is 0 Å². The Kier molecular flexibility index (Phi) is 7.62. The van der Waals surface area contributed by atoms with Gasteiger partial charge in [-0.05, 0) is 98.9 Å². The maximum absolute atomic E-state index is 12.7. The largest absolute Gasteiger partial charge is 0.481 e. The van der Waals surface area contributed by atoms with Gasteiger partial charge >= 0.3 is 11.9 Å². The van der Waals surface area contributed by atoms with Crippen LogP contribution < -0.4 is 0 Å². The van der Waals surface area contributed by atoms with Crippen LogP contribution in [0.5, 0.6) is 0 Å². The second kappa shape index (κ2) is 10.6. The summed E-state index contributed by atoms with van der Waals surface area (Å²) in [6.45, 7) is 6.62. The molecule has 5 fully saturated rings. The number of carboxylic acid groups (broad SMARTS) is 1. The number of methoxy groups -OCH3 is 1. The molecule has 0 spiro atoms. The van der Waals surface area contributed by atoms with Crippen LogP contribution in [0.2, 0.25) is 0 Å². The summed E-state index contributed by atoms with van der Waals surface area (Å²) in [5.74, 6) is -0.663. The van der Waals surface area contributed by atoms with Gasteiger partial charge in [-0.15, -0.1) is 0 Å². The molecule has 0 radical (unpaired) electrons. The third-order valence-corrected chi connectivity index (χ3v) is 12.8. The molecule has 4 aliphatic carbocycles. The van der Waals surface area contributed by atoms with Crippen molar-refractivity contribution in [3.63, 3.8) is 0 Å². The number of hydrogen-bond donors (Lipinski definition) is 3. The van der Waals surface area contributed by atoms with E-state index in [0.29, 0.717) is 24.7 Å². The number of rotatable bonds is 6. The van der Waals surface area contributed by atoms with Crippen LogP contribution >= 0.6 is 0 Å². The highest BCUT2D eigenvalue weighted by atomic mass is 16.7. The van der Waals surface area contributed by atoms with E-state index < -0.39 is 23.1 Å². The lowest BCUT2D eigenvalue weighted by molar-refractivity contribution is -0.273. The molecular formula is C32H48O9. The first-order valence-corrected chi connectivity index (χ1v) is 15.7. The van der Waals surface area contributed by atoms with Gasteiger partial charge in [0.05, 0.1) is 23.9 Å². The Hall–Kier alpha value is -1.52. The topological polar surface area (TPSA) is 132 Å². The van der Waals surface area contributed by atoms with Crippen LogP contribution in [0, 0.1) is 40.4 Å². The molecule has 9 heteroatoms. The van der Waals surface area contributed by atoms with Crippen molar-refractivity contribution >= 4 is 11.9 Å². The van der Waals surface area contributed by atoms with Crippen LogP contribution in [0.3, 0.4) is 0 Å². The number of ether oxygens (including phenoxy) is 4. The zero-order valence-electron chi connectivity index (χ0n) is 24.9. The highest BCUT2D eigenvalue weighted by Crippen LogP contribution is 2.71. The van der Waals surface area contributed by atoms with Crippen molar-refractivity contribution in [3.8, 4) is 0 Å². The summed E-state index contributed by atoms with van der Waals surface area (Å²) in [7, 11) is 1.62. The van der Waals surface area contributed by atoms with Gasteiger partial charge in [0.15, 0.2) is 6.29 Å². The Labute approximate surface area is 242 Å². The van der Waals surface area contributed by atoms with Gasteiger partial charge in [-0.25, -0.2) is 4.79 Å². The molecule has 4 saturated carbocycles. The van der Waals surface area contributed by atoms with Crippen LogP contribution in [0.15, 0.2) is 11.6 Å². The number of esters is 1. The number of fused-ring (bicyclic) bond motifs is 5. The van der Waals surface area contributed by atoms with Crippen molar-refractivity contribution in [2.24, 2.45) is 40.4 Å². The molecule has 2 aliphatic heterocycles. The molecule has 6 rings (SSSR count). The number of carbonyl (C=O) groups excluding carboxylic acids is 1. The maximum Gasteiger partial charge on any atom is 0.331 e. The fourth-order valence-corrected chi connectivity index (χ4v) is 10.8. The van der Waals surface area contributed by atoms with Crippen molar-refractivity contribution in [2.45, 2.75) is 121 Å². The van der Waals surface area contributed by atoms with E-state index in [2.05, 4.69) is 13.8 Å². The van der Waals surface area contributed by atoms with Crippen molar-refractivity contribution in [3.05, 3.63) is 11.6 Å². The molecule has 0 aromatic heterocycles. The van der Waals surface area contributed by atoms with E-state index in [1.54, 1.807) is 13.2 Å². The van der Waals surface area contributed by atoms with Crippen molar-refractivity contribution in [2.75, 3.05) is 13.7 Å². The lowest BCUT2D eigenvalue weighted by atomic mass is 9.43. The number of cyclic esters (lactones) is 1. The molecule has 1 saturated heterocycles. The van der Waals surface area contributed by atoms with Crippen LogP contribution in [0.1, 0.15) is 85.0 Å². The fraction of sp³-hybridized carbons (Fsp3) is 0.875. The number of hydrogen-bond acceptors (Lipinski definition) is 8. The molecule has 0 amide bonds. The Morgan fingerprint density at radius 3 is 2.59 bits per heavy atom. The highest BCUT2D eigenvalue weighted by Gasteiger charge is 2.70. The second-order valence-electron chi connectivity index (χ2n) is 14.5. The minimum absolute atomic E-state index is 0.00674. The van der Waals surface area contributed by atoms with Gasteiger partial charge < -0.3 is 34.3 Å².